The molecule has 21 heteroatoms. The molecule has 2 aromatic heterocycles. The maximum atomic E-state index is 12.2. The van der Waals surface area contributed by atoms with Crippen LogP contribution in [0.1, 0.15) is 99.1 Å². The predicted octanol–water partition coefficient (Wildman–Crippen LogP) is 7.79. The van der Waals surface area contributed by atoms with E-state index in [1.54, 1.807) is 49.3 Å². The van der Waals surface area contributed by atoms with Crippen molar-refractivity contribution in [2.75, 3.05) is 108 Å². The SMILES string of the molecule is CN1CCC(O)CC1.[C-]#[N+]c1c(Nc2cc(C(=O)NC)ccc2C)nc(OC2CCN(C)CC2)nc1N(C)CC(C)(C)C.[C-]#[N+]c1c(Nc2cc(C(=O)NC)ccc2C)nc(S(C)(=O)=O)nc1N(C)CC(C)(C)C. The van der Waals surface area contributed by atoms with Gasteiger partial charge in [0, 0.05) is 96.2 Å². The molecule has 0 bridgehead atoms. The zero-order valence-corrected chi connectivity index (χ0v) is 46.9. The van der Waals surface area contributed by atoms with Gasteiger partial charge in [-0.3, -0.25) is 9.59 Å². The van der Waals surface area contributed by atoms with Crippen molar-refractivity contribution < 1.29 is 27.9 Å². The third-order valence-electron chi connectivity index (χ3n) is 12.0. The third kappa shape index (κ3) is 17.8. The highest BCUT2D eigenvalue weighted by atomic mass is 32.2. The number of carbonyl (C=O) groups excluding carboxylic acids is 2. The topological polar surface area (TPSA) is 219 Å². The lowest BCUT2D eigenvalue weighted by Crippen LogP contribution is -2.36. The Morgan fingerprint density at radius 2 is 1.12 bits per heavy atom. The summed E-state index contributed by atoms with van der Waals surface area (Å²) in [5.74, 6) is 0.735. The van der Waals surface area contributed by atoms with Gasteiger partial charge in [-0.05, 0) is 99.8 Å². The average Bonchev–Trinajstić information content (AvgIpc) is 3.32. The molecular formula is C53H78N14O6S. The number of benzene rings is 2. The highest BCUT2D eigenvalue weighted by molar-refractivity contribution is 7.90. The molecule has 5 N–H and O–H groups in total. The Kier molecular flexibility index (Phi) is 21.1. The number of aliphatic hydroxyl groups excluding tert-OH is 1. The van der Waals surface area contributed by atoms with Crippen LogP contribution in [-0.2, 0) is 9.84 Å². The molecule has 4 aromatic rings. The molecular weight excluding hydrogens is 961 g/mol. The number of sulfone groups is 1. The molecule has 0 spiro atoms. The number of amides is 2. The largest absolute Gasteiger partial charge is 0.460 e. The van der Waals surface area contributed by atoms with E-state index in [-0.39, 0.29) is 63.3 Å². The van der Waals surface area contributed by atoms with Gasteiger partial charge in [-0.2, -0.15) is 9.97 Å². The minimum Gasteiger partial charge on any atom is -0.460 e. The van der Waals surface area contributed by atoms with E-state index < -0.39 is 9.84 Å². The Morgan fingerprint density at radius 1 is 0.716 bits per heavy atom. The fraction of sp³-hybridized carbons (Fsp3) is 0.547. The van der Waals surface area contributed by atoms with Gasteiger partial charge in [0.05, 0.1) is 19.2 Å². The second-order valence-electron chi connectivity index (χ2n) is 21.5. The van der Waals surface area contributed by atoms with E-state index in [9.17, 15) is 18.0 Å². The van der Waals surface area contributed by atoms with Crippen LogP contribution >= 0.6 is 0 Å². The van der Waals surface area contributed by atoms with Gasteiger partial charge in [0.25, 0.3) is 23.2 Å². The minimum atomic E-state index is -3.73. The van der Waals surface area contributed by atoms with Gasteiger partial charge in [0.2, 0.25) is 15.0 Å². The Balaban J connectivity index is 0.000000279. The van der Waals surface area contributed by atoms with E-state index in [4.69, 9.17) is 23.0 Å². The lowest BCUT2D eigenvalue weighted by molar-refractivity contribution is 0.0941. The summed E-state index contributed by atoms with van der Waals surface area (Å²) in [7, 11) is 7.29. The molecule has 2 aromatic carbocycles. The zero-order valence-electron chi connectivity index (χ0n) is 46.1. The molecule has 6 rings (SSSR count). The fourth-order valence-electron chi connectivity index (χ4n) is 8.14. The number of aryl methyl sites for hydroxylation is 2. The summed E-state index contributed by atoms with van der Waals surface area (Å²) in [4.78, 5) is 57.5. The third-order valence-corrected chi connectivity index (χ3v) is 12.8. The molecule has 2 fully saturated rings. The summed E-state index contributed by atoms with van der Waals surface area (Å²) in [6, 6.07) is 10.7. The van der Waals surface area contributed by atoms with Crippen molar-refractivity contribution in [3.05, 3.63) is 81.5 Å². The molecule has 402 valence electrons. The van der Waals surface area contributed by atoms with Gasteiger partial charge >= 0.3 is 6.01 Å². The summed E-state index contributed by atoms with van der Waals surface area (Å²) in [5, 5.41) is 20.2. The second kappa shape index (κ2) is 26.0. The van der Waals surface area contributed by atoms with Crippen molar-refractivity contribution in [3.63, 3.8) is 0 Å². The van der Waals surface area contributed by atoms with E-state index in [1.165, 1.54) is 7.05 Å². The number of nitrogens with zero attached hydrogens (tertiary/aromatic N) is 10. The standard InChI is InChI=1S/C26H37N7O2.C21H28N6O3S.C6H13NO/c1-17-9-10-18(24(34)28-6)15-20(17)29-22-21(27-5)23(33(8)16-26(2,3)4)31-25(30-22)35-19-11-13-32(7)14-12-19;1-13-9-10-14(19(28)23-6)11-15(13)24-17-16(22-5)18(27(7)12-21(2,3)4)26-20(25-17)31(8,29)30;1-7-4-2-6(8)3-5-7/h9-10,15,19H,11-14,16H2,1-4,6-8H3,(H,28,34)(H,29,30,31);9-11H,12H2,1-4,6-8H3,(H,23,28)(H,24,25,26);6,8H,2-5H2,1H3. The molecule has 0 unspecified atom stereocenters. The quantitative estimate of drug-likeness (QED) is 0.0637. The predicted molar refractivity (Wildman–Crippen MR) is 295 cm³/mol. The van der Waals surface area contributed by atoms with E-state index in [1.807, 2.05) is 52.6 Å². The lowest BCUT2D eigenvalue weighted by atomic mass is 9.96. The molecule has 4 heterocycles. The van der Waals surface area contributed by atoms with Crippen molar-refractivity contribution in [1.29, 1.82) is 0 Å². The number of anilines is 6. The average molecular weight is 1040 g/mol. The first-order valence-electron chi connectivity index (χ1n) is 24.7. The van der Waals surface area contributed by atoms with Crippen LogP contribution in [0.3, 0.4) is 0 Å². The van der Waals surface area contributed by atoms with Crippen molar-refractivity contribution in [3.8, 4) is 6.01 Å². The number of aromatic nitrogens is 4. The van der Waals surface area contributed by atoms with Gasteiger partial charge in [-0.15, -0.1) is 0 Å². The van der Waals surface area contributed by atoms with E-state index in [0.717, 1.165) is 69.2 Å². The maximum absolute atomic E-state index is 12.2. The fourth-order valence-corrected chi connectivity index (χ4v) is 8.65. The maximum Gasteiger partial charge on any atom is 0.318 e. The first-order chi connectivity index (χ1) is 34.6. The van der Waals surface area contributed by atoms with Crippen LogP contribution in [0, 0.1) is 37.8 Å². The molecule has 0 atom stereocenters. The normalized spacial score (nSPS) is 14.7. The summed E-state index contributed by atoms with van der Waals surface area (Å²) in [5.41, 5.74) is 4.20. The van der Waals surface area contributed by atoms with Crippen molar-refractivity contribution >= 4 is 67.7 Å². The Labute approximate surface area is 439 Å². The van der Waals surface area contributed by atoms with Crippen LogP contribution in [0.25, 0.3) is 9.69 Å². The van der Waals surface area contributed by atoms with Crippen molar-refractivity contribution in [2.24, 2.45) is 10.8 Å². The van der Waals surface area contributed by atoms with Crippen LogP contribution in [0.4, 0.5) is 46.0 Å². The molecule has 2 amide bonds. The van der Waals surface area contributed by atoms with Gasteiger partial charge in [-0.1, -0.05) is 53.7 Å². The molecule has 2 aliphatic rings. The Morgan fingerprint density at radius 3 is 1.50 bits per heavy atom. The summed E-state index contributed by atoms with van der Waals surface area (Å²) in [6.45, 7) is 37.2. The van der Waals surface area contributed by atoms with Crippen LogP contribution in [0.2, 0.25) is 0 Å². The Hall–Kier alpha value is -6.65. The molecule has 2 saturated heterocycles. The first kappa shape index (κ1) is 59.9. The van der Waals surface area contributed by atoms with Crippen molar-refractivity contribution in [1.82, 2.24) is 40.4 Å². The summed E-state index contributed by atoms with van der Waals surface area (Å²) >= 11 is 0. The van der Waals surface area contributed by atoms with Crippen LogP contribution < -0.4 is 35.8 Å². The number of nitrogens with one attached hydrogen (secondary N) is 4. The lowest BCUT2D eigenvalue weighted by Gasteiger charge is -2.30. The number of carbonyl (C=O) groups is 2. The number of ether oxygens (including phenoxy) is 1. The van der Waals surface area contributed by atoms with Gasteiger partial charge in [0.1, 0.15) is 29.4 Å². The molecule has 0 radical (unpaired) electrons. The van der Waals surface area contributed by atoms with E-state index >= 15 is 0 Å². The Bertz CT molecular complexity index is 2770. The van der Waals surface area contributed by atoms with Crippen LogP contribution in [-0.4, -0.2) is 155 Å². The molecule has 74 heavy (non-hydrogen) atoms. The van der Waals surface area contributed by atoms with Crippen molar-refractivity contribution in [2.45, 2.75) is 98.4 Å². The summed E-state index contributed by atoms with van der Waals surface area (Å²) in [6.07, 6.45) is 4.73. The van der Waals surface area contributed by atoms with Gasteiger partial charge < -0.3 is 50.7 Å². The summed E-state index contributed by atoms with van der Waals surface area (Å²) < 4.78 is 30.7. The molecule has 2 aliphatic heterocycles. The number of rotatable bonds is 13. The van der Waals surface area contributed by atoms with E-state index in [0.29, 0.717) is 52.9 Å². The molecule has 0 aliphatic carbocycles. The second-order valence-corrected chi connectivity index (χ2v) is 23.4. The molecule has 0 saturated carbocycles. The highest BCUT2D eigenvalue weighted by Gasteiger charge is 2.28. The van der Waals surface area contributed by atoms with Crippen LogP contribution in [0.5, 0.6) is 6.01 Å². The van der Waals surface area contributed by atoms with E-state index in [2.05, 4.69) is 95.6 Å². The van der Waals surface area contributed by atoms with Gasteiger partial charge in [0.15, 0.2) is 0 Å². The smallest absolute Gasteiger partial charge is 0.318 e. The number of piperidine rings is 2. The first-order valence-corrected chi connectivity index (χ1v) is 26.6. The number of hydrogen-bond donors (Lipinski definition) is 5. The highest BCUT2D eigenvalue weighted by Crippen LogP contribution is 2.40. The number of hydrogen-bond acceptors (Lipinski definition) is 16. The zero-order chi connectivity index (χ0) is 55.3. The molecule has 20 nitrogen and oxygen atoms in total. The van der Waals surface area contributed by atoms with Crippen LogP contribution in [0.15, 0.2) is 41.6 Å². The monoisotopic (exact) mass is 1040 g/mol. The van der Waals surface area contributed by atoms with Gasteiger partial charge in [-0.25, -0.2) is 28.1 Å². The minimum absolute atomic E-state index is 0.00000223. The number of likely N-dealkylation sites (tertiary alicyclic amines) is 2. The number of aliphatic hydroxyl groups is 1.